The molecule has 1 saturated carbocycles. The lowest BCUT2D eigenvalue weighted by Gasteiger charge is -2.29. The predicted molar refractivity (Wildman–Crippen MR) is 152 cm³/mol. The number of carbonyl (C=O) groups excluding carboxylic acids is 2. The molecule has 5 nitrogen and oxygen atoms in total. The summed E-state index contributed by atoms with van der Waals surface area (Å²) in [6, 6.07) is 9.32. The van der Waals surface area contributed by atoms with Crippen LogP contribution < -0.4 is 9.47 Å². The predicted octanol–water partition coefficient (Wildman–Crippen LogP) is 9.02. The van der Waals surface area contributed by atoms with Gasteiger partial charge in [0.05, 0.1) is 12.2 Å². The Balaban J connectivity index is 1.46. The van der Waals surface area contributed by atoms with E-state index in [4.69, 9.17) is 14.2 Å². The number of esters is 2. The fourth-order valence-electron chi connectivity index (χ4n) is 5.09. The Morgan fingerprint density at radius 3 is 2.17 bits per heavy atom. The van der Waals surface area contributed by atoms with Crippen LogP contribution in [0.3, 0.4) is 0 Å². The zero-order valence-electron chi connectivity index (χ0n) is 24.3. The van der Waals surface area contributed by atoms with E-state index in [1.165, 1.54) is 18.6 Å². The highest BCUT2D eigenvalue weighted by molar-refractivity contribution is 5.91. The standard InChI is InChI=1S/C33H43F3O5/c1-3-5-7-8-9-10-22-39-29-21-20-27(30(35)31(29)36)32(37)40-25-16-12-23(13-17-25)24-14-18-26(19-15-24)41-33(38)28(34)11-6-4-2/h12-13,16-17,20-21,24,26,28H,3-11,14-15,18-19,22H2,1-2H3/t24-,26-,28-/m0/s1. The normalized spacial score (nSPS) is 17.6. The lowest BCUT2D eigenvalue weighted by atomic mass is 9.83. The highest BCUT2D eigenvalue weighted by atomic mass is 19.2. The molecule has 2 aromatic rings. The first-order chi connectivity index (χ1) is 19.8. The number of ether oxygens (including phenoxy) is 3. The molecule has 0 radical (unpaired) electrons. The molecule has 0 N–H and O–H groups in total. The maximum Gasteiger partial charge on any atom is 0.346 e. The molecule has 0 bridgehead atoms. The Morgan fingerprint density at radius 2 is 1.49 bits per heavy atom. The minimum absolute atomic E-state index is 0.197. The van der Waals surface area contributed by atoms with Crippen molar-refractivity contribution >= 4 is 11.9 Å². The van der Waals surface area contributed by atoms with Crippen LogP contribution in [0, 0.1) is 11.6 Å². The van der Waals surface area contributed by atoms with E-state index >= 15 is 0 Å². The van der Waals surface area contributed by atoms with E-state index in [2.05, 4.69) is 6.92 Å². The minimum atomic E-state index is -1.56. The molecule has 2 aromatic carbocycles. The van der Waals surface area contributed by atoms with Gasteiger partial charge in [0.15, 0.2) is 17.7 Å². The van der Waals surface area contributed by atoms with Gasteiger partial charge in [0.1, 0.15) is 11.9 Å². The summed E-state index contributed by atoms with van der Waals surface area (Å²) in [5.41, 5.74) is 0.529. The van der Waals surface area contributed by atoms with E-state index in [9.17, 15) is 22.8 Å². The number of benzene rings is 2. The van der Waals surface area contributed by atoms with Crippen LogP contribution in [-0.2, 0) is 9.53 Å². The molecular formula is C33H43F3O5. The number of hydrogen-bond acceptors (Lipinski definition) is 5. The van der Waals surface area contributed by atoms with Crippen molar-refractivity contribution in [2.24, 2.45) is 0 Å². The molecule has 0 aliphatic heterocycles. The molecule has 0 saturated heterocycles. The number of halogens is 3. The Kier molecular flexibility index (Phi) is 13.5. The van der Waals surface area contributed by atoms with Crippen LogP contribution in [0.4, 0.5) is 13.2 Å². The third-order valence-corrected chi connectivity index (χ3v) is 7.61. The molecule has 1 atom stereocenters. The molecular weight excluding hydrogens is 533 g/mol. The number of rotatable bonds is 16. The number of hydrogen-bond donors (Lipinski definition) is 0. The van der Waals surface area contributed by atoms with Gasteiger partial charge >= 0.3 is 11.9 Å². The first-order valence-corrected chi connectivity index (χ1v) is 15.1. The summed E-state index contributed by atoms with van der Waals surface area (Å²) in [5, 5.41) is 0. The van der Waals surface area contributed by atoms with Gasteiger partial charge in [0.25, 0.3) is 0 Å². The van der Waals surface area contributed by atoms with Crippen LogP contribution in [-0.4, -0.2) is 30.8 Å². The monoisotopic (exact) mass is 576 g/mol. The second kappa shape index (κ2) is 17.0. The molecule has 0 spiro atoms. The molecule has 0 aromatic heterocycles. The zero-order valence-corrected chi connectivity index (χ0v) is 24.3. The average molecular weight is 577 g/mol. The summed E-state index contributed by atoms with van der Waals surface area (Å²) in [6.07, 6.45) is 8.99. The Morgan fingerprint density at radius 1 is 0.829 bits per heavy atom. The lowest BCUT2D eigenvalue weighted by molar-refractivity contribution is -0.157. The third kappa shape index (κ3) is 10.1. The lowest BCUT2D eigenvalue weighted by Crippen LogP contribution is -2.28. The summed E-state index contributed by atoms with van der Waals surface area (Å²) in [7, 11) is 0. The van der Waals surface area contributed by atoms with Gasteiger partial charge in [-0.25, -0.2) is 18.4 Å². The van der Waals surface area contributed by atoms with Gasteiger partial charge in [0, 0.05) is 0 Å². The molecule has 0 amide bonds. The molecule has 226 valence electrons. The van der Waals surface area contributed by atoms with Crippen molar-refractivity contribution in [3.8, 4) is 11.5 Å². The van der Waals surface area contributed by atoms with Crippen molar-refractivity contribution in [1.29, 1.82) is 0 Å². The van der Waals surface area contributed by atoms with Gasteiger partial charge in [0.2, 0.25) is 5.82 Å². The van der Waals surface area contributed by atoms with E-state index in [0.29, 0.717) is 19.3 Å². The van der Waals surface area contributed by atoms with Crippen molar-refractivity contribution in [1.82, 2.24) is 0 Å². The van der Waals surface area contributed by atoms with Crippen LogP contribution in [0.15, 0.2) is 36.4 Å². The highest BCUT2D eigenvalue weighted by Gasteiger charge is 2.28. The molecule has 0 unspecified atom stereocenters. The highest BCUT2D eigenvalue weighted by Crippen LogP contribution is 2.35. The van der Waals surface area contributed by atoms with Crippen molar-refractivity contribution in [2.45, 2.75) is 116 Å². The topological polar surface area (TPSA) is 61.8 Å². The van der Waals surface area contributed by atoms with E-state index < -0.39 is 35.3 Å². The molecule has 8 heteroatoms. The largest absolute Gasteiger partial charge is 0.490 e. The molecule has 1 aliphatic rings. The van der Waals surface area contributed by atoms with Crippen LogP contribution >= 0.6 is 0 Å². The zero-order chi connectivity index (χ0) is 29.6. The van der Waals surface area contributed by atoms with Gasteiger partial charge in [-0.05, 0) is 74.3 Å². The van der Waals surface area contributed by atoms with Crippen LogP contribution in [0.1, 0.15) is 119 Å². The third-order valence-electron chi connectivity index (χ3n) is 7.61. The summed E-state index contributed by atoms with van der Waals surface area (Å²) in [5.74, 6) is -4.04. The van der Waals surface area contributed by atoms with Gasteiger partial charge in [-0.15, -0.1) is 0 Å². The number of carbonyl (C=O) groups is 2. The first-order valence-electron chi connectivity index (χ1n) is 15.1. The maximum absolute atomic E-state index is 14.6. The summed E-state index contributed by atoms with van der Waals surface area (Å²) in [6.45, 7) is 4.37. The molecule has 1 aliphatic carbocycles. The Hall–Kier alpha value is -3.03. The Bertz CT molecular complexity index is 1100. The van der Waals surface area contributed by atoms with Crippen molar-refractivity contribution in [3.63, 3.8) is 0 Å². The van der Waals surface area contributed by atoms with Gasteiger partial charge in [-0.1, -0.05) is 70.9 Å². The SMILES string of the molecule is CCCCCCCCOc1ccc(C(=O)Oc2ccc([C@H]3CC[C@H](OC(=O)[C@@H](F)CCCC)CC3)cc2)c(F)c1F. The molecule has 1 fully saturated rings. The van der Waals surface area contributed by atoms with E-state index in [0.717, 1.165) is 56.9 Å². The maximum atomic E-state index is 14.6. The smallest absolute Gasteiger partial charge is 0.346 e. The molecule has 41 heavy (non-hydrogen) atoms. The average Bonchev–Trinajstić information content (AvgIpc) is 2.98. The van der Waals surface area contributed by atoms with Crippen LogP contribution in [0.25, 0.3) is 0 Å². The summed E-state index contributed by atoms with van der Waals surface area (Å²) < 4.78 is 59.1. The van der Waals surface area contributed by atoms with Crippen molar-refractivity contribution in [3.05, 3.63) is 59.2 Å². The van der Waals surface area contributed by atoms with Gasteiger partial charge in [-0.2, -0.15) is 4.39 Å². The number of alkyl halides is 1. The van der Waals surface area contributed by atoms with E-state index in [-0.39, 0.29) is 36.5 Å². The Labute approximate surface area is 241 Å². The van der Waals surface area contributed by atoms with Crippen LogP contribution in [0.5, 0.6) is 11.5 Å². The van der Waals surface area contributed by atoms with Gasteiger partial charge in [-0.3, -0.25) is 0 Å². The summed E-state index contributed by atoms with van der Waals surface area (Å²) in [4.78, 5) is 24.5. The summed E-state index contributed by atoms with van der Waals surface area (Å²) >= 11 is 0. The second-order valence-corrected chi connectivity index (χ2v) is 10.8. The number of unbranched alkanes of at least 4 members (excludes halogenated alkanes) is 6. The van der Waals surface area contributed by atoms with Crippen molar-refractivity contribution < 1.29 is 37.0 Å². The fourth-order valence-corrected chi connectivity index (χ4v) is 5.09. The molecule has 0 heterocycles. The molecule has 3 rings (SSSR count). The second-order valence-electron chi connectivity index (χ2n) is 10.8. The first kappa shape index (κ1) is 32.5. The van der Waals surface area contributed by atoms with Gasteiger partial charge < -0.3 is 14.2 Å². The minimum Gasteiger partial charge on any atom is -0.490 e. The van der Waals surface area contributed by atoms with Crippen molar-refractivity contribution in [2.75, 3.05) is 6.61 Å². The quantitative estimate of drug-likeness (QED) is 0.113. The van der Waals surface area contributed by atoms with E-state index in [1.807, 2.05) is 19.1 Å². The van der Waals surface area contributed by atoms with Crippen LogP contribution in [0.2, 0.25) is 0 Å². The fraction of sp³-hybridized carbons (Fsp3) is 0.576. The van der Waals surface area contributed by atoms with E-state index in [1.54, 1.807) is 12.1 Å².